The molecule has 2 aromatic rings. The second-order valence-corrected chi connectivity index (χ2v) is 4.56. The molecule has 0 spiro atoms. The van der Waals surface area contributed by atoms with Gasteiger partial charge in [-0.1, -0.05) is 6.92 Å². The van der Waals surface area contributed by atoms with E-state index in [4.69, 9.17) is 4.74 Å². The van der Waals surface area contributed by atoms with Crippen molar-refractivity contribution in [1.82, 2.24) is 20.3 Å². The monoisotopic (exact) mass is 290 g/mol. The number of carbonyl (C=O) groups excluding carboxylic acids is 2. The second-order valence-electron chi connectivity index (χ2n) is 4.56. The maximum absolute atomic E-state index is 12.5. The molecule has 0 fully saturated rings. The Bertz CT molecular complexity index is 638. The van der Waals surface area contributed by atoms with E-state index in [1.165, 1.54) is 4.90 Å². The normalized spacial score (nSPS) is 10.6. The first-order valence-corrected chi connectivity index (χ1v) is 6.91. The first-order valence-electron chi connectivity index (χ1n) is 6.91. The standard InChI is InChI=1S/C14H18N4O3/c1-3-7-18(9-13(19)21-4-2)14(20)10-5-6-11-12(8-10)16-17-15-11/h5-6,8H,3-4,7,9H2,1-2H3,(H,15,16,17). The van der Waals surface area contributed by atoms with Crippen LogP contribution in [0.15, 0.2) is 18.2 Å². The zero-order valence-corrected chi connectivity index (χ0v) is 12.1. The molecule has 0 saturated carbocycles. The van der Waals surface area contributed by atoms with E-state index in [0.717, 1.165) is 6.42 Å². The zero-order valence-electron chi connectivity index (χ0n) is 12.1. The largest absolute Gasteiger partial charge is 0.465 e. The van der Waals surface area contributed by atoms with Gasteiger partial charge in [0.1, 0.15) is 17.6 Å². The lowest BCUT2D eigenvalue weighted by Crippen LogP contribution is -2.37. The molecule has 7 heteroatoms. The SMILES string of the molecule is CCCN(CC(=O)OCC)C(=O)c1ccc2n[nH]nc2c1. The third kappa shape index (κ3) is 3.56. The second kappa shape index (κ2) is 6.83. The summed E-state index contributed by atoms with van der Waals surface area (Å²) in [6.45, 7) is 4.44. The van der Waals surface area contributed by atoms with Crippen LogP contribution in [0.4, 0.5) is 0 Å². The number of nitrogens with one attached hydrogen (secondary N) is 1. The van der Waals surface area contributed by atoms with Gasteiger partial charge in [0.2, 0.25) is 0 Å². The van der Waals surface area contributed by atoms with Crippen LogP contribution in [-0.2, 0) is 9.53 Å². The highest BCUT2D eigenvalue weighted by molar-refractivity contribution is 5.98. The maximum Gasteiger partial charge on any atom is 0.325 e. The Labute approximate surface area is 122 Å². The lowest BCUT2D eigenvalue weighted by molar-refractivity contribution is -0.143. The maximum atomic E-state index is 12.5. The predicted molar refractivity (Wildman–Crippen MR) is 76.7 cm³/mol. The van der Waals surface area contributed by atoms with Gasteiger partial charge in [-0.05, 0) is 31.5 Å². The van der Waals surface area contributed by atoms with Crippen LogP contribution in [0.1, 0.15) is 30.6 Å². The Morgan fingerprint density at radius 1 is 1.24 bits per heavy atom. The average Bonchev–Trinajstić information content (AvgIpc) is 2.93. The number of rotatable bonds is 6. The molecule has 1 amide bonds. The number of nitrogens with zero attached hydrogens (tertiary/aromatic N) is 3. The van der Waals surface area contributed by atoms with Gasteiger partial charge in [0.05, 0.1) is 6.61 Å². The van der Waals surface area contributed by atoms with Crippen LogP contribution in [0, 0.1) is 0 Å². The van der Waals surface area contributed by atoms with Gasteiger partial charge in [-0.2, -0.15) is 15.4 Å². The highest BCUT2D eigenvalue weighted by Gasteiger charge is 2.19. The van der Waals surface area contributed by atoms with E-state index in [1.54, 1.807) is 25.1 Å². The van der Waals surface area contributed by atoms with Crippen molar-refractivity contribution in [2.24, 2.45) is 0 Å². The molecule has 2 rings (SSSR count). The summed E-state index contributed by atoms with van der Waals surface area (Å²) in [5.74, 6) is -0.614. The van der Waals surface area contributed by atoms with Gasteiger partial charge < -0.3 is 9.64 Å². The fourth-order valence-electron chi connectivity index (χ4n) is 2.04. The van der Waals surface area contributed by atoms with Crippen molar-refractivity contribution in [2.45, 2.75) is 20.3 Å². The van der Waals surface area contributed by atoms with Crippen molar-refractivity contribution >= 4 is 22.9 Å². The average molecular weight is 290 g/mol. The third-order valence-electron chi connectivity index (χ3n) is 2.97. The number of carbonyl (C=O) groups is 2. The predicted octanol–water partition coefficient (Wildman–Crippen LogP) is 1.37. The van der Waals surface area contributed by atoms with Gasteiger partial charge in [-0.3, -0.25) is 9.59 Å². The van der Waals surface area contributed by atoms with Crippen molar-refractivity contribution in [3.8, 4) is 0 Å². The van der Waals surface area contributed by atoms with Crippen LogP contribution in [-0.4, -0.2) is 51.9 Å². The molecule has 1 aromatic heterocycles. The van der Waals surface area contributed by atoms with Crippen LogP contribution in [0.3, 0.4) is 0 Å². The first kappa shape index (κ1) is 15.0. The Kier molecular flexibility index (Phi) is 4.86. The minimum atomic E-state index is -0.401. The summed E-state index contributed by atoms with van der Waals surface area (Å²) in [5.41, 5.74) is 1.79. The van der Waals surface area contributed by atoms with Crippen LogP contribution < -0.4 is 0 Å². The molecule has 0 bridgehead atoms. The van der Waals surface area contributed by atoms with E-state index in [1.807, 2.05) is 6.92 Å². The van der Waals surface area contributed by atoms with E-state index in [2.05, 4.69) is 15.4 Å². The molecule has 1 aromatic carbocycles. The summed E-state index contributed by atoms with van der Waals surface area (Å²) in [4.78, 5) is 25.6. The molecule has 0 saturated heterocycles. The molecule has 21 heavy (non-hydrogen) atoms. The molecule has 0 radical (unpaired) electrons. The lowest BCUT2D eigenvalue weighted by atomic mass is 10.1. The fourth-order valence-corrected chi connectivity index (χ4v) is 2.04. The van der Waals surface area contributed by atoms with Crippen molar-refractivity contribution in [1.29, 1.82) is 0 Å². The Balaban J connectivity index is 2.18. The van der Waals surface area contributed by atoms with E-state index < -0.39 is 5.97 Å². The lowest BCUT2D eigenvalue weighted by Gasteiger charge is -2.21. The Morgan fingerprint density at radius 2 is 2.00 bits per heavy atom. The highest BCUT2D eigenvalue weighted by atomic mass is 16.5. The van der Waals surface area contributed by atoms with Gasteiger partial charge in [0, 0.05) is 12.1 Å². The van der Waals surface area contributed by atoms with Crippen LogP contribution in [0.2, 0.25) is 0 Å². The van der Waals surface area contributed by atoms with Gasteiger partial charge in [0.25, 0.3) is 5.91 Å². The number of amides is 1. The topological polar surface area (TPSA) is 88.2 Å². The van der Waals surface area contributed by atoms with Gasteiger partial charge in [0.15, 0.2) is 0 Å². The molecule has 0 atom stereocenters. The van der Waals surface area contributed by atoms with E-state index in [0.29, 0.717) is 29.7 Å². The summed E-state index contributed by atoms with van der Waals surface area (Å²) in [5, 5.41) is 10.4. The summed E-state index contributed by atoms with van der Waals surface area (Å²) in [6.07, 6.45) is 0.761. The minimum absolute atomic E-state index is 0.0443. The van der Waals surface area contributed by atoms with Crippen molar-refractivity contribution in [3.63, 3.8) is 0 Å². The number of aromatic amines is 1. The molecular weight excluding hydrogens is 272 g/mol. The minimum Gasteiger partial charge on any atom is -0.465 e. The summed E-state index contributed by atoms with van der Waals surface area (Å²) in [7, 11) is 0. The number of hydrogen-bond donors (Lipinski definition) is 1. The molecule has 1 N–H and O–H groups in total. The molecule has 0 unspecified atom stereocenters. The summed E-state index contributed by atoms with van der Waals surface area (Å²) in [6, 6.07) is 5.07. The number of aromatic nitrogens is 3. The van der Waals surface area contributed by atoms with Gasteiger partial charge in [-0.25, -0.2) is 0 Å². The summed E-state index contributed by atoms with van der Waals surface area (Å²) >= 11 is 0. The van der Waals surface area contributed by atoms with Gasteiger partial charge >= 0.3 is 5.97 Å². The summed E-state index contributed by atoms with van der Waals surface area (Å²) < 4.78 is 4.90. The number of ether oxygens (including phenoxy) is 1. The number of hydrogen-bond acceptors (Lipinski definition) is 5. The van der Waals surface area contributed by atoms with Crippen LogP contribution in [0.5, 0.6) is 0 Å². The molecule has 1 heterocycles. The quantitative estimate of drug-likeness (QED) is 0.812. The van der Waals surface area contributed by atoms with E-state index in [-0.39, 0.29) is 12.5 Å². The molecule has 112 valence electrons. The number of benzene rings is 1. The Hall–Kier alpha value is -2.44. The van der Waals surface area contributed by atoms with Crippen molar-refractivity contribution < 1.29 is 14.3 Å². The third-order valence-corrected chi connectivity index (χ3v) is 2.97. The zero-order chi connectivity index (χ0) is 15.2. The number of fused-ring (bicyclic) bond motifs is 1. The molecule has 7 nitrogen and oxygen atoms in total. The molecular formula is C14H18N4O3. The van der Waals surface area contributed by atoms with Crippen LogP contribution in [0.25, 0.3) is 11.0 Å². The van der Waals surface area contributed by atoms with Crippen molar-refractivity contribution in [3.05, 3.63) is 23.8 Å². The van der Waals surface area contributed by atoms with Crippen molar-refractivity contribution in [2.75, 3.05) is 19.7 Å². The van der Waals surface area contributed by atoms with Crippen LogP contribution >= 0.6 is 0 Å². The molecule has 0 aliphatic carbocycles. The Morgan fingerprint density at radius 3 is 2.71 bits per heavy atom. The number of esters is 1. The van der Waals surface area contributed by atoms with Gasteiger partial charge in [-0.15, -0.1) is 0 Å². The highest BCUT2D eigenvalue weighted by Crippen LogP contribution is 2.13. The fraction of sp³-hybridized carbons (Fsp3) is 0.429. The van der Waals surface area contributed by atoms with E-state index >= 15 is 0 Å². The first-order chi connectivity index (χ1) is 10.2. The smallest absolute Gasteiger partial charge is 0.325 e. The number of H-pyrrole nitrogens is 1. The molecule has 0 aliphatic rings. The molecule has 0 aliphatic heterocycles. The van der Waals surface area contributed by atoms with E-state index in [9.17, 15) is 9.59 Å².